The van der Waals surface area contributed by atoms with Crippen LogP contribution in [0.25, 0.3) is 0 Å². The van der Waals surface area contributed by atoms with Crippen LogP contribution in [0.1, 0.15) is 46.4 Å². The third-order valence-corrected chi connectivity index (χ3v) is 6.01. The monoisotopic (exact) mass is 391 g/mol. The van der Waals surface area contributed by atoms with Crippen molar-refractivity contribution in [3.63, 3.8) is 0 Å². The molecule has 3 rings (SSSR count). The van der Waals surface area contributed by atoms with Gasteiger partial charge in [0.15, 0.2) is 0 Å². The fraction of sp³-hybridized carbons (Fsp3) is 0.550. The van der Waals surface area contributed by atoms with E-state index in [9.17, 15) is 9.90 Å². The zero-order valence-corrected chi connectivity index (χ0v) is 16.9. The quantitative estimate of drug-likeness (QED) is 0.726. The molecule has 2 aromatic heterocycles. The second-order valence-corrected chi connectivity index (χ2v) is 8.07. The third kappa shape index (κ3) is 4.99. The first-order valence-corrected chi connectivity index (χ1v) is 10.4. The van der Waals surface area contributed by atoms with E-state index >= 15 is 0 Å². The number of aliphatic hydroxyl groups excluding tert-OH is 1. The van der Waals surface area contributed by atoms with E-state index in [4.69, 9.17) is 4.74 Å². The van der Waals surface area contributed by atoms with Gasteiger partial charge in [0.2, 0.25) is 0 Å². The summed E-state index contributed by atoms with van der Waals surface area (Å²) < 4.78 is 7.65. The predicted molar refractivity (Wildman–Crippen MR) is 107 cm³/mol. The molecule has 1 saturated heterocycles. The van der Waals surface area contributed by atoms with Crippen molar-refractivity contribution in [3.05, 3.63) is 45.9 Å². The van der Waals surface area contributed by atoms with Crippen molar-refractivity contribution in [3.8, 4) is 0 Å². The minimum absolute atomic E-state index is 0.0758. The molecular formula is C20H29N3O3S. The highest BCUT2D eigenvalue weighted by atomic mass is 32.1. The number of likely N-dealkylation sites (tertiary alicyclic amines) is 1. The van der Waals surface area contributed by atoms with Gasteiger partial charge in [0, 0.05) is 31.2 Å². The van der Waals surface area contributed by atoms with Crippen molar-refractivity contribution in [2.75, 3.05) is 26.7 Å². The zero-order chi connectivity index (χ0) is 19.2. The molecule has 7 heteroatoms. The van der Waals surface area contributed by atoms with Crippen molar-refractivity contribution < 1.29 is 14.6 Å². The maximum atomic E-state index is 12.0. The Morgan fingerprint density at radius 1 is 1.41 bits per heavy atom. The summed E-state index contributed by atoms with van der Waals surface area (Å²) in [5, 5.41) is 15.2. The Hall–Kier alpha value is -1.67. The number of nitrogens with one attached hydrogen (secondary N) is 1. The molecule has 2 aromatic rings. The lowest BCUT2D eigenvalue weighted by molar-refractivity contribution is -0.00389. The van der Waals surface area contributed by atoms with Crippen LogP contribution in [0.3, 0.4) is 0 Å². The zero-order valence-electron chi connectivity index (χ0n) is 16.1. The Morgan fingerprint density at radius 3 is 3.00 bits per heavy atom. The molecule has 0 aromatic carbocycles. The molecule has 1 aliphatic heterocycles. The van der Waals surface area contributed by atoms with Crippen LogP contribution < -0.4 is 5.32 Å². The summed E-state index contributed by atoms with van der Waals surface area (Å²) in [6.45, 7) is 2.41. The number of thiophene rings is 1. The smallest absolute Gasteiger partial charge is 0.267 e. The molecule has 1 fully saturated rings. The van der Waals surface area contributed by atoms with Gasteiger partial charge in [0.1, 0.15) is 5.69 Å². The first kappa shape index (κ1) is 20.1. The molecular weight excluding hydrogens is 362 g/mol. The first-order chi connectivity index (χ1) is 13.1. The molecule has 1 amide bonds. The Bertz CT molecular complexity index is 729. The fourth-order valence-electron chi connectivity index (χ4n) is 3.78. The predicted octanol–water partition coefficient (Wildman–Crippen LogP) is 2.55. The summed E-state index contributed by atoms with van der Waals surface area (Å²) >= 11 is 1.66. The van der Waals surface area contributed by atoms with Crippen molar-refractivity contribution in [1.82, 2.24) is 14.8 Å². The van der Waals surface area contributed by atoms with Gasteiger partial charge in [-0.05, 0) is 43.0 Å². The highest BCUT2D eigenvalue weighted by molar-refractivity contribution is 7.09. The molecule has 0 spiro atoms. The highest BCUT2D eigenvalue weighted by Crippen LogP contribution is 2.31. The Labute approximate surface area is 164 Å². The third-order valence-electron chi connectivity index (χ3n) is 5.16. The van der Waals surface area contributed by atoms with Crippen LogP contribution in [-0.4, -0.2) is 53.3 Å². The van der Waals surface area contributed by atoms with Gasteiger partial charge in [-0.1, -0.05) is 12.5 Å². The number of carbonyl (C=O) groups is 1. The molecule has 6 nitrogen and oxygen atoms in total. The normalized spacial score (nSPS) is 19.1. The molecule has 2 N–H and O–H groups in total. The SMILES string of the molecule is CNC(=O)c1ccc([C@H]2CCCCN2C[C@H](O)COCc2cccs2)n1C. The first-order valence-electron chi connectivity index (χ1n) is 9.50. The van der Waals surface area contributed by atoms with Gasteiger partial charge >= 0.3 is 0 Å². The number of rotatable bonds is 8. The summed E-state index contributed by atoms with van der Waals surface area (Å²) in [6, 6.07) is 8.17. The van der Waals surface area contributed by atoms with Crippen molar-refractivity contribution in [2.45, 2.75) is 38.0 Å². The molecule has 0 saturated carbocycles. The second kappa shape index (κ2) is 9.50. The van der Waals surface area contributed by atoms with Crippen molar-refractivity contribution >= 4 is 17.2 Å². The minimum atomic E-state index is -0.524. The van der Waals surface area contributed by atoms with Gasteiger partial charge in [-0.25, -0.2) is 0 Å². The molecule has 1 aliphatic rings. The van der Waals surface area contributed by atoms with Gasteiger partial charge < -0.3 is 19.7 Å². The summed E-state index contributed by atoms with van der Waals surface area (Å²) in [4.78, 5) is 15.5. The molecule has 0 radical (unpaired) electrons. The lowest BCUT2D eigenvalue weighted by atomic mass is 9.99. The number of aromatic nitrogens is 1. The van der Waals surface area contributed by atoms with Gasteiger partial charge in [-0.15, -0.1) is 11.3 Å². The molecule has 3 heterocycles. The number of aliphatic hydroxyl groups is 1. The number of hydrogen-bond donors (Lipinski definition) is 2. The number of nitrogens with zero attached hydrogens (tertiary/aromatic N) is 2. The standard InChI is InChI=1S/C20H29N3O3S/c1-21-20(25)19-9-8-17(22(19)2)18-7-3-4-10-23(18)12-15(24)13-26-14-16-6-5-11-27-16/h5-6,8-9,11,15,18,24H,3-4,7,10,12-14H2,1-2H3,(H,21,25)/t15-,18+/m0/s1. The van der Waals surface area contributed by atoms with Crippen LogP contribution in [0, 0.1) is 0 Å². The maximum Gasteiger partial charge on any atom is 0.267 e. The number of ether oxygens (including phenoxy) is 1. The van der Waals surface area contributed by atoms with Crippen LogP contribution in [0.5, 0.6) is 0 Å². The Morgan fingerprint density at radius 2 is 2.26 bits per heavy atom. The molecule has 148 valence electrons. The summed E-state index contributed by atoms with van der Waals surface area (Å²) in [5.41, 5.74) is 1.79. The number of amides is 1. The second-order valence-electron chi connectivity index (χ2n) is 7.04. The Balaban J connectivity index is 1.60. The van der Waals surface area contributed by atoms with Crippen LogP contribution in [-0.2, 0) is 18.4 Å². The van der Waals surface area contributed by atoms with Gasteiger partial charge in [-0.2, -0.15) is 0 Å². The van der Waals surface area contributed by atoms with Crippen LogP contribution in [0.2, 0.25) is 0 Å². The number of hydrogen-bond acceptors (Lipinski definition) is 5. The highest BCUT2D eigenvalue weighted by Gasteiger charge is 2.28. The van der Waals surface area contributed by atoms with E-state index in [1.165, 1.54) is 4.88 Å². The number of piperidine rings is 1. The van der Waals surface area contributed by atoms with E-state index in [1.54, 1.807) is 18.4 Å². The average molecular weight is 392 g/mol. The van der Waals surface area contributed by atoms with E-state index in [0.29, 0.717) is 25.5 Å². The van der Waals surface area contributed by atoms with E-state index in [0.717, 1.165) is 31.5 Å². The van der Waals surface area contributed by atoms with Crippen molar-refractivity contribution in [2.24, 2.45) is 7.05 Å². The lowest BCUT2D eigenvalue weighted by Crippen LogP contribution is -2.41. The molecule has 0 unspecified atom stereocenters. The van der Waals surface area contributed by atoms with Crippen molar-refractivity contribution in [1.29, 1.82) is 0 Å². The molecule has 27 heavy (non-hydrogen) atoms. The largest absolute Gasteiger partial charge is 0.389 e. The van der Waals surface area contributed by atoms with Gasteiger partial charge in [0.05, 0.1) is 25.4 Å². The minimum Gasteiger partial charge on any atom is -0.389 e. The van der Waals surface area contributed by atoms with E-state index < -0.39 is 6.10 Å². The van der Waals surface area contributed by atoms with Crippen LogP contribution in [0.15, 0.2) is 29.6 Å². The van der Waals surface area contributed by atoms with Gasteiger partial charge in [-0.3, -0.25) is 9.69 Å². The summed E-state index contributed by atoms with van der Waals surface area (Å²) in [6.07, 6.45) is 2.80. The average Bonchev–Trinajstić information content (AvgIpc) is 3.31. The van der Waals surface area contributed by atoms with Crippen LogP contribution in [0.4, 0.5) is 0 Å². The molecule has 0 aliphatic carbocycles. The maximum absolute atomic E-state index is 12.0. The van der Waals surface area contributed by atoms with E-state index in [1.807, 2.05) is 41.3 Å². The molecule has 2 atom stereocenters. The Kier molecular flexibility index (Phi) is 7.07. The lowest BCUT2D eigenvalue weighted by Gasteiger charge is -2.37. The van der Waals surface area contributed by atoms with E-state index in [-0.39, 0.29) is 11.9 Å². The van der Waals surface area contributed by atoms with E-state index in [2.05, 4.69) is 10.2 Å². The number of β-amino-alcohol motifs (C(OH)–C–C–N with tert-alkyl or cyclic N) is 1. The summed E-state index contributed by atoms with van der Waals surface area (Å²) in [7, 11) is 3.59. The summed E-state index contributed by atoms with van der Waals surface area (Å²) in [5.74, 6) is -0.0758. The molecule has 0 bridgehead atoms. The fourth-order valence-corrected chi connectivity index (χ4v) is 4.42. The van der Waals surface area contributed by atoms with Crippen LogP contribution >= 0.6 is 11.3 Å². The number of carbonyl (C=O) groups excluding carboxylic acids is 1. The topological polar surface area (TPSA) is 66.7 Å². The van der Waals surface area contributed by atoms with Gasteiger partial charge in [0.25, 0.3) is 5.91 Å².